The Hall–Kier alpha value is -6.40. The molecular weight excluding hydrogens is 566 g/mol. The van der Waals surface area contributed by atoms with Gasteiger partial charge in [-0.1, -0.05) is 91.0 Å². The number of hydrogen-bond acceptors (Lipinski definition) is 5. The van der Waals surface area contributed by atoms with Crippen LogP contribution < -0.4 is 0 Å². The van der Waals surface area contributed by atoms with Gasteiger partial charge in [-0.25, -0.2) is 4.98 Å². The van der Waals surface area contributed by atoms with Crippen LogP contribution in [0.4, 0.5) is 0 Å². The zero-order valence-corrected chi connectivity index (χ0v) is 24.4. The third kappa shape index (κ3) is 3.70. The fraction of sp³-hybridized carbons (Fsp3) is 0. The summed E-state index contributed by atoms with van der Waals surface area (Å²) in [6, 6.07) is 44.0. The van der Waals surface area contributed by atoms with Crippen LogP contribution in [0.2, 0.25) is 0 Å². The molecule has 0 aliphatic heterocycles. The Kier molecular flexibility index (Phi) is 5.19. The van der Waals surface area contributed by atoms with Crippen molar-refractivity contribution < 1.29 is 4.42 Å². The smallest absolute Gasteiger partial charge is 0.238 e. The van der Waals surface area contributed by atoms with Gasteiger partial charge in [0.15, 0.2) is 11.6 Å². The van der Waals surface area contributed by atoms with Crippen molar-refractivity contribution in [2.75, 3.05) is 0 Å². The van der Waals surface area contributed by atoms with Crippen LogP contribution in [0.5, 0.6) is 0 Å². The molecule has 0 unspecified atom stereocenters. The topological polar surface area (TPSA) is 69.6 Å². The summed E-state index contributed by atoms with van der Waals surface area (Å²) in [6.45, 7) is 0. The van der Waals surface area contributed by atoms with Crippen LogP contribution >= 0.6 is 0 Å². The van der Waals surface area contributed by atoms with Gasteiger partial charge in [-0.2, -0.15) is 9.97 Å². The predicted molar refractivity (Wildman–Crippen MR) is 185 cm³/mol. The molecule has 0 N–H and O–H groups in total. The van der Waals surface area contributed by atoms with Crippen LogP contribution in [0.25, 0.3) is 94.0 Å². The minimum absolute atomic E-state index is 0.560. The molecule has 0 saturated carbocycles. The van der Waals surface area contributed by atoms with Crippen LogP contribution in [-0.2, 0) is 0 Å². The van der Waals surface area contributed by atoms with Gasteiger partial charge in [0.25, 0.3) is 0 Å². The summed E-state index contributed by atoms with van der Waals surface area (Å²) in [5.41, 5.74) is 5.40. The van der Waals surface area contributed by atoms with E-state index in [0.717, 1.165) is 60.3 Å². The Bertz CT molecular complexity index is 2780. The molecule has 0 saturated heterocycles. The lowest BCUT2D eigenvalue weighted by Crippen LogP contribution is -2.06. The number of hydrogen-bond donors (Lipinski definition) is 0. The van der Waals surface area contributed by atoms with Gasteiger partial charge >= 0.3 is 0 Å². The van der Waals surface area contributed by atoms with Crippen molar-refractivity contribution in [3.63, 3.8) is 0 Å². The van der Waals surface area contributed by atoms with Gasteiger partial charge in [0, 0.05) is 45.1 Å². The van der Waals surface area contributed by atoms with Crippen molar-refractivity contribution in [2.45, 2.75) is 0 Å². The van der Waals surface area contributed by atoms with Crippen LogP contribution in [0.3, 0.4) is 0 Å². The summed E-state index contributed by atoms with van der Waals surface area (Å²) < 4.78 is 8.36. The molecule has 6 nitrogen and oxygen atoms in total. The summed E-state index contributed by atoms with van der Waals surface area (Å²) in [5, 5.41) is 9.01. The van der Waals surface area contributed by atoms with E-state index in [1.54, 1.807) is 6.20 Å². The van der Waals surface area contributed by atoms with E-state index in [4.69, 9.17) is 19.4 Å². The van der Waals surface area contributed by atoms with E-state index >= 15 is 0 Å². The van der Waals surface area contributed by atoms with Crippen LogP contribution in [0.1, 0.15) is 0 Å². The number of rotatable bonds is 3. The highest BCUT2D eigenvalue weighted by Crippen LogP contribution is 2.35. The maximum absolute atomic E-state index is 6.22. The van der Waals surface area contributed by atoms with Gasteiger partial charge in [0.1, 0.15) is 11.2 Å². The molecule has 4 heterocycles. The molecule has 0 fully saturated rings. The van der Waals surface area contributed by atoms with Crippen molar-refractivity contribution >= 4 is 65.3 Å². The SMILES string of the molecule is c1ccc2c(c1)ccc1ccc(-c3nc(-c4ccc5c(c4)oc4ccncc45)nc(-n4c5ccccc5c5ccccc54)n3)cc12. The third-order valence-electron chi connectivity index (χ3n) is 8.94. The highest BCUT2D eigenvalue weighted by molar-refractivity contribution is 6.10. The molecule has 0 bridgehead atoms. The van der Waals surface area contributed by atoms with Gasteiger partial charge in [0.05, 0.1) is 11.0 Å². The van der Waals surface area contributed by atoms with Gasteiger partial charge in [-0.3, -0.25) is 9.55 Å². The Morgan fingerprint density at radius 2 is 1.09 bits per heavy atom. The Morgan fingerprint density at radius 1 is 0.457 bits per heavy atom. The van der Waals surface area contributed by atoms with Gasteiger partial charge in [-0.15, -0.1) is 0 Å². The van der Waals surface area contributed by atoms with E-state index in [-0.39, 0.29) is 0 Å². The standard InChI is InChI=1S/C40H23N5O/c1-2-8-28-24(7-1)13-14-25-15-16-26(21-32(25)28)38-42-39(27-17-18-31-33-23-41-20-19-36(33)46-37(31)22-27)44-40(43-38)45-34-11-5-3-9-29(34)30-10-4-6-12-35(30)45/h1-23H. The van der Waals surface area contributed by atoms with Gasteiger partial charge in [-0.05, 0) is 57.9 Å². The zero-order chi connectivity index (χ0) is 30.2. The fourth-order valence-corrected chi connectivity index (χ4v) is 6.76. The predicted octanol–water partition coefficient (Wildman–Crippen LogP) is 9.90. The monoisotopic (exact) mass is 589 g/mol. The van der Waals surface area contributed by atoms with Crippen molar-refractivity contribution in [3.8, 4) is 28.7 Å². The molecule has 0 aliphatic rings. The lowest BCUT2D eigenvalue weighted by atomic mass is 10.00. The lowest BCUT2D eigenvalue weighted by molar-refractivity contribution is 0.668. The molecule has 10 aromatic rings. The van der Waals surface area contributed by atoms with E-state index in [9.17, 15) is 0 Å². The molecule has 4 aromatic heterocycles. The number of para-hydroxylation sites is 2. The molecule has 0 spiro atoms. The average Bonchev–Trinajstić information content (AvgIpc) is 3.66. The Balaban J connectivity index is 1.26. The third-order valence-corrected chi connectivity index (χ3v) is 8.94. The first kappa shape index (κ1) is 25.0. The quantitative estimate of drug-likeness (QED) is 0.192. The average molecular weight is 590 g/mol. The number of benzene rings is 6. The molecule has 6 aromatic carbocycles. The fourth-order valence-electron chi connectivity index (χ4n) is 6.76. The van der Waals surface area contributed by atoms with E-state index in [1.807, 2.05) is 24.4 Å². The summed E-state index contributed by atoms with van der Waals surface area (Å²) in [5.74, 6) is 1.73. The largest absolute Gasteiger partial charge is 0.456 e. The number of aromatic nitrogens is 5. The summed E-state index contributed by atoms with van der Waals surface area (Å²) in [4.78, 5) is 19.7. The van der Waals surface area contributed by atoms with E-state index in [0.29, 0.717) is 17.6 Å². The highest BCUT2D eigenvalue weighted by Gasteiger charge is 2.19. The van der Waals surface area contributed by atoms with Crippen LogP contribution in [0, 0.1) is 0 Å². The Morgan fingerprint density at radius 3 is 1.87 bits per heavy atom. The Labute approximate surface area is 262 Å². The molecule has 10 rings (SSSR count). The maximum Gasteiger partial charge on any atom is 0.238 e. The summed E-state index contributed by atoms with van der Waals surface area (Å²) in [6.07, 6.45) is 3.58. The van der Waals surface area contributed by atoms with E-state index < -0.39 is 0 Å². The molecule has 46 heavy (non-hydrogen) atoms. The molecular formula is C40H23N5O. The second-order valence-electron chi connectivity index (χ2n) is 11.6. The zero-order valence-electron chi connectivity index (χ0n) is 24.4. The molecule has 0 radical (unpaired) electrons. The molecule has 6 heteroatoms. The summed E-state index contributed by atoms with van der Waals surface area (Å²) >= 11 is 0. The first-order chi connectivity index (χ1) is 22.8. The second kappa shape index (κ2) is 9.55. The van der Waals surface area contributed by atoms with Crippen LogP contribution in [0.15, 0.2) is 144 Å². The van der Waals surface area contributed by atoms with Crippen molar-refractivity contribution in [1.82, 2.24) is 24.5 Å². The second-order valence-corrected chi connectivity index (χ2v) is 11.6. The molecule has 0 amide bonds. The lowest BCUT2D eigenvalue weighted by Gasteiger charge is -2.12. The van der Waals surface area contributed by atoms with Gasteiger partial charge in [0.2, 0.25) is 5.95 Å². The van der Waals surface area contributed by atoms with Crippen molar-refractivity contribution in [3.05, 3.63) is 140 Å². The number of fused-ring (bicyclic) bond motifs is 9. The van der Waals surface area contributed by atoms with E-state index in [2.05, 4.69) is 119 Å². The normalized spacial score (nSPS) is 11.9. The first-order valence-electron chi connectivity index (χ1n) is 15.2. The van der Waals surface area contributed by atoms with Crippen molar-refractivity contribution in [1.29, 1.82) is 0 Å². The number of furan rings is 1. The molecule has 214 valence electrons. The van der Waals surface area contributed by atoms with Crippen molar-refractivity contribution in [2.24, 2.45) is 0 Å². The number of pyridine rings is 1. The highest BCUT2D eigenvalue weighted by atomic mass is 16.3. The first-order valence-corrected chi connectivity index (χ1v) is 15.2. The molecule has 0 aliphatic carbocycles. The minimum atomic E-state index is 0.560. The number of nitrogens with zero attached hydrogens (tertiary/aromatic N) is 5. The van der Waals surface area contributed by atoms with Gasteiger partial charge < -0.3 is 4.42 Å². The maximum atomic E-state index is 6.22. The molecule has 0 atom stereocenters. The van der Waals surface area contributed by atoms with Crippen LogP contribution in [-0.4, -0.2) is 24.5 Å². The summed E-state index contributed by atoms with van der Waals surface area (Å²) in [7, 11) is 0. The van der Waals surface area contributed by atoms with E-state index in [1.165, 1.54) is 16.2 Å². The minimum Gasteiger partial charge on any atom is -0.456 e.